The standard InChI is InChI=1S/C56H43N4O2.Ir/c1-55(2,3)34-20-24-42(39(30-34)32-13-8-7-9-14-32)60-45-17-12-16-36(51(45)58-54(60)38-15-10-11-18-46(38)61)33-19-23-44-41(29-33)52-49-48(27-28-57-52)62-47-26-22-37-40-31-35(56(4,5)6)21-25-43(40)59(44)53(37)50(47)49;/h7-28,30-31,61H,1-6H3;/q-1;. The van der Waals surface area contributed by atoms with Gasteiger partial charge in [0.05, 0.1) is 27.8 Å². The Hall–Kier alpha value is -6.79. The van der Waals surface area contributed by atoms with Gasteiger partial charge in [-0.1, -0.05) is 119 Å². The molecule has 1 N–H and O–H groups in total. The molecule has 7 heteroatoms. The Morgan fingerprint density at radius 2 is 1.30 bits per heavy atom. The SMILES string of the molecule is CC(C)(C)c1ccc(-n2c(-c3ccccc3O)nc3c(-c4[c-]c5c6nccc7oc8ccc9c%10cc(C(C)(C)C)ccc%10n(c5cc4)c9c8c76)cccc32)c(-c2ccccc2)c1.[Ir]. The van der Waals surface area contributed by atoms with E-state index in [9.17, 15) is 5.11 Å². The van der Waals surface area contributed by atoms with Crippen LogP contribution in [-0.2, 0) is 30.9 Å². The molecule has 0 aliphatic heterocycles. The van der Waals surface area contributed by atoms with E-state index in [0.29, 0.717) is 11.4 Å². The number of pyridine rings is 1. The van der Waals surface area contributed by atoms with Crippen molar-refractivity contribution in [3.63, 3.8) is 0 Å². The number of aromatic hydroxyl groups is 1. The molecule has 0 aliphatic rings. The molecule has 5 aromatic heterocycles. The van der Waals surface area contributed by atoms with E-state index in [1.165, 1.54) is 21.9 Å². The summed E-state index contributed by atoms with van der Waals surface area (Å²) in [6, 6.07) is 52.6. The van der Waals surface area contributed by atoms with Gasteiger partial charge in [0.25, 0.3) is 0 Å². The van der Waals surface area contributed by atoms with Gasteiger partial charge in [-0.05, 0) is 93.7 Å². The summed E-state index contributed by atoms with van der Waals surface area (Å²) in [5, 5.41) is 16.8. The Morgan fingerprint density at radius 1 is 0.587 bits per heavy atom. The second-order valence-electron chi connectivity index (χ2n) is 18.7. The van der Waals surface area contributed by atoms with E-state index >= 15 is 0 Å². The minimum atomic E-state index is -0.0647. The molecule has 6 nitrogen and oxygen atoms in total. The molecule has 0 bridgehead atoms. The van der Waals surface area contributed by atoms with Crippen LogP contribution < -0.4 is 0 Å². The zero-order valence-electron chi connectivity index (χ0n) is 35.8. The summed E-state index contributed by atoms with van der Waals surface area (Å²) in [6.07, 6.45) is 1.84. The Labute approximate surface area is 378 Å². The first kappa shape index (κ1) is 39.1. The van der Waals surface area contributed by atoms with Crippen molar-refractivity contribution in [2.45, 2.75) is 52.4 Å². The van der Waals surface area contributed by atoms with Crippen LogP contribution in [0.5, 0.6) is 5.75 Å². The number of para-hydroxylation sites is 2. The van der Waals surface area contributed by atoms with Gasteiger partial charge >= 0.3 is 0 Å². The normalized spacial score (nSPS) is 12.5. The zero-order chi connectivity index (χ0) is 42.2. The Bertz CT molecular complexity index is 3790. The van der Waals surface area contributed by atoms with Gasteiger partial charge in [0.2, 0.25) is 0 Å². The van der Waals surface area contributed by atoms with Crippen molar-refractivity contribution in [1.82, 2.24) is 18.9 Å². The van der Waals surface area contributed by atoms with E-state index in [-0.39, 0.29) is 36.7 Å². The van der Waals surface area contributed by atoms with Gasteiger partial charge in [-0.25, -0.2) is 4.98 Å². The molecule has 0 unspecified atom stereocenters. The number of furan rings is 1. The number of fused-ring (bicyclic) bond motifs is 7. The Kier molecular flexibility index (Phi) is 8.60. The van der Waals surface area contributed by atoms with Crippen molar-refractivity contribution < 1.29 is 29.6 Å². The molecule has 5 heterocycles. The number of phenolic OH excluding ortho intramolecular Hbond substituents is 1. The molecule has 1 radical (unpaired) electrons. The van der Waals surface area contributed by atoms with Gasteiger partial charge in [-0.15, -0.1) is 23.8 Å². The molecular formula is C56H43IrN4O2-. The van der Waals surface area contributed by atoms with E-state index in [0.717, 1.165) is 88.4 Å². The topological polar surface area (TPSA) is 68.5 Å². The fourth-order valence-electron chi connectivity index (χ4n) is 9.67. The van der Waals surface area contributed by atoms with Crippen LogP contribution >= 0.6 is 0 Å². The first-order valence-electron chi connectivity index (χ1n) is 21.3. The second kappa shape index (κ2) is 13.9. The Morgan fingerprint density at radius 3 is 2.10 bits per heavy atom. The average molecular weight is 996 g/mol. The molecule has 63 heavy (non-hydrogen) atoms. The number of imidazole rings is 1. The van der Waals surface area contributed by atoms with Crippen LogP contribution in [0, 0.1) is 6.07 Å². The molecule has 0 fully saturated rings. The van der Waals surface area contributed by atoms with Crippen molar-refractivity contribution in [2.24, 2.45) is 0 Å². The maximum absolute atomic E-state index is 11.4. The second-order valence-corrected chi connectivity index (χ2v) is 18.7. The van der Waals surface area contributed by atoms with E-state index in [2.05, 4.69) is 160 Å². The molecule has 0 atom stereocenters. The number of aromatic nitrogens is 4. The minimum absolute atomic E-state index is 0. The van der Waals surface area contributed by atoms with Crippen LogP contribution in [0.1, 0.15) is 52.7 Å². The molecule has 0 spiro atoms. The quantitative estimate of drug-likeness (QED) is 0.178. The van der Waals surface area contributed by atoms with Crippen LogP contribution in [0.25, 0.3) is 111 Å². The van der Waals surface area contributed by atoms with Crippen molar-refractivity contribution in [2.75, 3.05) is 0 Å². The molecule has 309 valence electrons. The molecule has 0 aliphatic carbocycles. The van der Waals surface area contributed by atoms with E-state index in [1.807, 2.05) is 36.5 Å². The smallest absolute Gasteiger partial charge is 0.148 e. The van der Waals surface area contributed by atoms with Crippen LogP contribution in [0.15, 0.2) is 150 Å². The molecular weight excluding hydrogens is 953 g/mol. The van der Waals surface area contributed by atoms with Gasteiger partial charge in [0.15, 0.2) is 0 Å². The first-order valence-corrected chi connectivity index (χ1v) is 21.3. The number of nitrogens with zero attached hydrogens (tertiary/aromatic N) is 4. The van der Waals surface area contributed by atoms with Gasteiger partial charge in [-0.3, -0.25) is 9.55 Å². The maximum atomic E-state index is 11.4. The predicted octanol–water partition coefficient (Wildman–Crippen LogP) is 14.6. The molecule has 0 amide bonds. The summed E-state index contributed by atoms with van der Waals surface area (Å²) in [5.41, 5.74) is 15.6. The monoisotopic (exact) mass is 996 g/mol. The van der Waals surface area contributed by atoms with Gasteiger partial charge in [-0.2, -0.15) is 0 Å². The summed E-state index contributed by atoms with van der Waals surface area (Å²) < 4.78 is 11.2. The molecule has 12 aromatic rings. The third kappa shape index (κ3) is 5.80. The average Bonchev–Trinajstić information content (AvgIpc) is 3.92. The Balaban J connectivity index is 0.00000444. The molecule has 0 saturated heterocycles. The number of rotatable bonds is 4. The van der Waals surface area contributed by atoms with E-state index < -0.39 is 0 Å². The van der Waals surface area contributed by atoms with Crippen LogP contribution in [-0.4, -0.2) is 24.0 Å². The summed E-state index contributed by atoms with van der Waals surface area (Å²) >= 11 is 0. The maximum Gasteiger partial charge on any atom is 0.148 e. The molecule has 12 rings (SSSR count). The number of hydrogen-bond donors (Lipinski definition) is 1. The van der Waals surface area contributed by atoms with Crippen molar-refractivity contribution in [1.29, 1.82) is 0 Å². The third-order valence-electron chi connectivity index (χ3n) is 12.8. The summed E-state index contributed by atoms with van der Waals surface area (Å²) in [4.78, 5) is 10.6. The van der Waals surface area contributed by atoms with Gasteiger partial charge < -0.3 is 13.9 Å². The predicted molar refractivity (Wildman–Crippen MR) is 255 cm³/mol. The third-order valence-corrected chi connectivity index (χ3v) is 12.8. The van der Waals surface area contributed by atoms with Crippen molar-refractivity contribution >= 4 is 71.2 Å². The minimum Gasteiger partial charge on any atom is -0.507 e. The van der Waals surface area contributed by atoms with Crippen molar-refractivity contribution in [3.8, 4) is 45.1 Å². The van der Waals surface area contributed by atoms with E-state index in [1.54, 1.807) is 6.07 Å². The largest absolute Gasteiger partial charge is 0.507 e. The summed E-state index contributed by atoms with van der Waals surface area (Å²) in [7, 11) is 0. The van der Waals surface area contributed by atoms with Gasteiger partial charge in [0, 0.05) is 64.4 Å². The van der Waals surface area contributed by atoms with Crippen LogP contribution in [0.4, 0.5) is 0 Å². The zero-order valence-corrected chi connectivity index (χ0v) is 38.2. The molecule has 7 aromatic carbocycles. The van der Waals surface area contributed by atoms with Gasteiger partial charge in [0.1, 0.15) is 22.7 Å². The van der Waals surface area contributed by atoms with E-state index in [4.69, 9.17) is 14.4 Å². The summed E-state index contributed by atoms with van der Waals surface area (Å²) in [5.74, 6) is 0.819. The van der Waals surface area contributed by atoms with Crippen LogP contribution in [0.3, 0.4) is 0 Å². The fraction of sp³-hybridized carbons (Fsp3) is 0.143. The number of phenols is 1. The number of hydrogen-bond acceptors (Lipinski definition) is 4. The number of benzene rings is 7. The van der Waals surface area contributed by atoms with Crippen LogP contribution in [0.2, 0.25) is 0 Å². The molecule has 0 saturated carbocycles. The summed E-state index contributed by atoms with van der Waals surface area (Å²) in [6.45, 7) is 13.5. The first-order chi connectivity index (χ1) is 29.9. The van der Waals surface area contributed by atoms with Crippen molar-refractivity contribution in [3.05, 3.63) is 163 Å². The fourth-order valence-corrected chi connectivity index (χ4v) is 9.67.